The van der Waals surface area contributed by atoms with Crippen molar-refractivity contribution in [2.24, 2.45) is 0 Å². The van der Waals surface area contributed by atoms with Gasteiger partial charge in [0.1, 0.15) is 0 Å². The van der Waals surface area contributed by atoms with E-state index in [0.717, 1.165) is 50.5 Å². The van der Waals surface area contributed by atoms with E-state index in [1.165, 1.54) is 220 Å². The number of hydrogen-bond acceptors (Lipinski definition) is 0. The smallest absolute Gasteiger partial charge is 0.348 e. The van der Waals surface area contributed by atoms with E-state index in [-0.39, 0.29) is 0 Å². The number of rotatable bonds is 37. The second-order valence-corrected chi connectivity index (χ2v) is 21.0. The molecule has 0 radical (unpaired) electrons. The summed E-state index contributed by atoms with van der Waals surface area (Å²) in [5, 5.41) is 0. The molecule has 2 rings (SSSR count). The van der Waals surface area contributed by atoms with Crippen LogP contribution in [0.3, 0.4) is 0 Å². The van der Waals surface area contributed by atoms with Gasteiger partial charge in [0.2, 0.25) is 0 Å². The topological polar surface area (TPSA) is 36.4 Å². The van der Waals surface area contributed by atoms with Gasteiger partial charge in [-0.2, -0.15) is 0 Å². The van der Waals surface area contributed by atoms with Crippen LogP contribution in [-0.4, -0.2) is 10.7 Å². The molecular formula is C65H104N2Pd. The quantitative estimate of drug-likeness (QED) is 0.0123. The standard InChI is InChI=1S/C41H62N2.2C12H21.Pd/c1-8-12-16-19-23-36-29-39(30-37(24-20-17-13-9-2)40(36)25-21-18-14-10-3)41(28-35(31-43-42)22-15-11-4)38-26-32(5)34(7)33(6)27-38;2*1-3-5-7-9-11-12-10-8-6-4-2;/h26-30H,8-25H2,1-7H3;2*3,5-12H2,1H3;. The predicted octanol–water partition coefficient (Wildman–Crippen LogP) is 20.5. The molecule has 2 nitrogen and oxygen atoms in total. The first kappa shape index (κ1) is 63.1. The molecule has 2 aromatic carbocycles. The van der Waals surface area contributed by atoms with Crippen molar-refractivity contribution in [1.82, 2.24) is 0 Å². The first-order valence-corrected chi connectivity index (χ1v) is 30.3. The molecule has 0 amide bonds. The van der Waals surface area contributed by atoms with Crippen LogP contribution in [0.15, 0.2) is 35.9 Å². The van der Waals surface area contributed by atoms with Gasteiger partial charge in [-0.25, -0.2) is 0 Å². The van der Waals surface area contributed by atoms with Gasteiger partial charge in [0, 0.05) is 0 Å². The summed E-state index contributed by atoms with van der Waals surface area (Å²) in [7, 11) is 0. The number of benzene rings is 2. The zero-order chi connectivity index (χ0) is 49.7. The summed E-state index contributed by atoms with van der Waals surface area (Å²) in [4.78, 5) is 3.36. The van der Waals surface area contributed by atoms with Crippen molar-refractivity contribution < 1.29 is 22.8 Å². The molecule has 0 aliphatic heterocycles. The first-order chi connectivity index (χ1) is 33.3. The number of aryl methyl sites for hydroxylation is 4. The van der Waals surface area contributed by atoms with E-state index in [1.54, 1.807) is 16.7 Å². The Morgan fingerprint density at radius 3 is 1.25 bits per heavy atom. The molecule has 0 N–H and O–H groups in total. The molecule has 0 aliphatic rings. The van der Waals surface area contributed by atoms with Crippen molar-refractivity contribution in [3.8, 4) is 20.6 Å². The summed E-state index contributed by atoms with van der Waals surface area (Å²) in [6.45, 7) is 20.3. The van der Waals surface area contributed by atoms with Crippen molar-refractivity contribution in [2.75, 3.05) is 0 Å². The van der Waals surface area contributed by atoms with E-state index >= 15 is 0 Å². The van der Waals surface area contributed by atoms with Crippen LogP contribution in [-0.2, 0) is 37.2 Å². The summed E-state index contributed by atoms with van der Waals surface area (Å²) in [5.41, 5.74) is 23.0. The van der Waals surface area contributed by atoms with Crippen LogP contribution < -0.4 is 0 Å². The van der Waals surface area contributed by atoms with Gasteiger partial charge < -0.3 is 5.53 Å². The minimum atomic E-state index is 0.344. The van der Waals surface area contributed by atoms with Crippen molar-refractivity contribution in [3.63, 3.8) is 0 Å². The average Bonchev–Trinajstić information content (AvgIpc) is 3.34. The van der Waals surface area contributed by atoms with E-state index in [0.29, 0.717) is 18.0 Å². The molecular weight excluding hydrogens is 915 g/mol. The Morgan fingerprint density at radius 2 is 0.838 bits per heavy atom. The predicted molar refractivity (Wildman–Crippen MR) is 299 cm³/mol. The monoisotopic (exact) mass is 1020 g/mol. The molecule has 0 atom stereocenters. The Balaban J connectivity index is 0.000000788. The molecule has 0 saturated carbocycles. The zero-order valence-electron chi connectivity index (χ0n) is 46.1. The SMILES string of the molecule is CCCCCCCCCCC#[C][Pd][C]#CCCCCCCCCCC.CCCCCCc1cc(C(=CC(=C=[N+]=[N-])CCCC)c2cc(C)c(C)c(C)c2)cc(CCCCCC)c1CCCCCC. The fourth-order valence-corrected chi connectivity index (χ4v) is 9.83. The molecule has 2 aromatic rings. The van der Waals surface area contributed by atoms with E-state index in [9.17, 15) is 5.53 Å². The van der Waals surface area contributed by atoms with Gasteiger partial charge >= 0.3 is 174 Å². The second-order valence-electron chi connectivity index (χ2n) is 19.9. The van der Waals surface area contributed by atoms with Crippen molar-refractivity contribution in [1.29, 1.82) is 0 Å². The van der Waals surface area contributed by atoms with Crippen LogP contribution in [0.4, 0.5) is 0 Å². The van der Waals surface area contributed by atoms with Gasteiger partial charge in [-0.1, -0.05) is 116 Å². The molecule has 3 heteroatoms. The average molecular weight is 1020 g/mol. The van der Waals surface area contributed by atoms with E-state index < -0.39 is 0 Å². The van der Waals surface area contributed by atoms with Crippen molar-refractivity contribution in [3.05, 3.63) is 86.0 Å². The summed E-state index contributed by atoms with van der Waals surface area (Å²) in [5.74, 6) is 9.53. The van der Waals surface area contributed by atoms with Gasteiger partial charge in [-0.05, 0) is 128 Å². The molecule has 384 valence electrons. The first-order valence-electron chi connectivity index (χ1n) is 28.7. The number of unbranched alkanes of at least 4 members (excludes halogenated alkanes) is 26. The molecule has 0 fully saturated rings. The van der Waals surface area contributed by atoms with E-state index in [2.05, 4.69) is 124 Å². The Labute approximate surface area is 431 Å². The maximum absolute atomic E-state index is 9.51. The molecule has 68 heavy (non-hydrogen) atoms. The van der Waals surface area contributed by atoms with Gasteiger partial charge in [-0.15, -0.1) is 4.79 Å². The third kappa shape index (κ3) is 31.4. The van der Waals surface area contributed by atoms with Crippen LogP contribution in [0, 0.1) is 41.4 Å². The van der Waals surface area contributed by atoms with Gasteiger partial charge in [0.05, 0.1) is 5.57 Å². The molecule has 0 aromatic heterocycles. The summed E-state index contributed by atoms with van der Waals surface area (Å²) in [6.07, 6.45) is 48.6. The fourth-order valence-electron chi connectivity index (χ4n) is 9.07. The maximum atomic E-state index is 9.51. The molecule has 0 unspecified atom stereocenters. The number of allylic oxidation sites excluding steroid dienone is 2. The Kier molecular flexibility index (Phi) is 42.0. The number of nitrogens with zero attached hydrogens (tertiary/aromatic N) is 2. The minimum Gasteiger partial charge on any atom is -0.348 e. The van der Waals surface area contributed by atoms with E-state index in [4.69, 9.17) is 0 Å². The Hall–Kier alpha value is -2.88. The van der Waals surface area contributed by atoms with Crippen molar-refractivity contribution >= 4 is 11.4 Å². The minimum absolute atomic E-state index is 0.344. The second kappa shape index (κ2) is 45.3. The van der Waals surface area contributed by atoms with Crippen LogP contribution in [0.2, 0.25) is 0 Å². The van der Waals surface area contributed by atoms with Crippen molar-refractivity contribution in [2.45, 2.75) is 293 Å². The molecule has 0 bridgehead atoms. The summed E-state index contributed by atoms with van der Waals surface area (Å²) in [6, 6.07) is 9.76. The van der Waals surface area contributed by atoms with Gasteiger partial charge in [-0.3, -0.25) is 0 Å². The zero-order valence-corrected chi connectivity index (χ0v) is 47.6. The third-order valence-electron chi connectivity index (χ3n) is 13.7. The van der Waals surface area contributed by atoms with E-state index in [1.807, 2.05) is 0 Å². The van der Waals surface area contributed by atoms with Crippen LogP contribution in [0.5, 0.6) is 0 Å². The third-order valence-corrected chi connectivity index (χ3v) is 14.6. The molecule has 0 saturated heterocycles. The Morgan fingerprint density at radius 1 is 0.471 bits per heavy atom. The Bertz CT molecular complexity index is 1740. The molecule has 0 heterocycles. The summed E-state index contributed by atoms with van der Waals surface area (Å²) >= 11 is 0.344. The van der Waals surface area contributed by atoms with Gasteiger partial charge in [0.25, 0.3) is 0 Å². The fraction of sp³-hybridized carbons (Fsp3) is 0.692. The van der Waals surface area contributed by atoms with Crippen LogP contribution in [0.25, 0.3) is 11.1 Å². The summed E-state index contributed by atoms with van der Waals surface area (Å²) < 4.78 is 6.52. The molecule has 0 spiro atoms. The van der Waals surface area contributed by atoms with Gasteiger partial charge in [0.15, 0.2) is 0 Å². The number of hydrogen-bond donors (Lipinski definition) is 0. The van der Waals surface area contributed by atoms with Crippen LogP contribution in [0.1, 0.15) is 298 Å². The molecule has 0 aliphatic carbocycles. The normalized spacial score (nSPS) is 11.0. The van der Waals surface area contributed by atoms with Crippen LogP contribution >= 0.6 is 0 Å².